The maximum atomic E-state index is 12.9. The standard InChI is InChI=1S/C9H16F3NO3S/c1-3-17(14,15)13-6-4-5-8(7-13,16-2)9(10,11)12/h3-7H2,1-2H3. The number of ether oxygens (including phenoxy) is 1. The topological polar surface area (TPSA) is 46.6 Å². The number of nitrogens with zero attached hydrogens (tertiary/aromatic N) is 1. The summed E-state index contributed by atoms with van der Waals surface area (Å²) in [5.74, 6) is -0.204. The van der Waals surface area contributed by atoms with Crippen molar-refractivity contribution in [2.45, 2.75) is 31.5 Å². The molecule has 4 nitrogen and oxygen atoms in total. The monoisotopic (exact) mass is 275 g/mol. The Kier molecular flexibility index (Phi) is 4.10. The first-order valence-corrected chi connectivity index (χ1v) is 6.89. The van der Waals surface area contributed by atoms with Crippen molar-refractivity contribution in [3.8, 4) is 0 Å². The number of alkyl halides is 3. The zero-order valence-electron chi connectivity index (χ0n) is 9.75. The van der Waals surface area contributed by atoms with Gasteiger partial charge in [-0.15, -0.1) is 0 Å². The van der Waals surface area contributed by atoms with Crippen LogP contribution in [0.5, 0.6) is 0 Å². The highest BCUT2D eigenvalue weighted by Gasteiger charge is 2.58. The molecule has 1 fully saturated rings. The van der Waals surface area contributed by atoms with E-state index >= 15 is 0 Å². The van der Waals surface area contributed by atoms with Gasteiger partial charge in [-0.25, -0.2) is 8.42 Å². The van der Waals surface area contributed by atoms with Gasteiger partial charge in [0, 0.05) is 13.7 Å². The minimum absolute atomic E-state index is 0.122. The molecule has 1 atom stereocenters. The molecule has 8 heteroatoms. The van der Waals surface area contributed by atoms with E-state index in [1.165, 1.54) is 6.92 Å². The van der Waals surface area contributed by atoms with E-state index in [-0.39, 0.29) is 25.1 Å². The van der Waals surface area contributed by atoms with E-state index in [1.807, 2.05) is 0 Å². The van der Waals surface area contributed by atoms with Crippen molar-refractivity contribution in [1.82, 2.24) is 4.31 Å². The van der Waals surface area contributed by atoms with Gasteiger partial charge in [-0.1, -0.05) is 0 Å². The average molecular weight is 275 g/mol. The molecular formula is C9H16F3NO3S. The van der Waals surface area contributed by atoms with Crippen LogP contribution in [0, 0.1) is 0 Å². The van der Waals surface area contributed by atoms with Crippen molar-refractivity contribution < 1.29 is 26.3 Å². The zero-order chi connectivity index (χ0) is 13.3. The third-order valence-corrected chi connectivity index (χ3v) is 4.91. The van der Waals surface area contributed by atoms with E-state index < -0.39 is 28.3 Å². The van der Waals surface area contributed by atoms with E-state index in [4.69, 9.17) is 0 Å². The molecule has 102 valence electrons. The molecule has 0 saturated carbocycles. The number of methoxy groups -OCH3 is 1. The van der Waals surface area contributed by atoms with Gasteiger partial charge in [0.25, 0.3) is 0 Å². The lowest BCUT2D eigenvalue weighted by atomic mass is 9.93. The molecule has 1 unspecified atom stereocenters. The van der Waals surface area contributed by atoms with Crippen LogP contribution in [-0.2, 0) is 14.8 Å². The summed E-state index contributed by atoms with van der Waals surface area (Å²) in [4.78, 5) is 0. The van der Waals surface area contributed by atoms with Crippen LogP contribution in [0.25, 0.3) is 0 Å². The van der Waals surface area contributed by atoms with Gasteiger partial charge in [-0.05, 0) is 19.8 Å². The maximum absolute atomic E-state index is 12.9. The minimum atomic E-state index is -4.57. The summed E-state index contributed by atoms with van der Waals surface area (Å²) in [7, 11) is -2.64. The molecule has 0 radical (unpaired) electrons. The van der Waals surface area contributed by atoms with E-state index in [9.17, 15) is 21.6 Å². The molecule has 1 heterocycles. The summed E-state index contributed by atoms with van der Waals surface area (Å²) < 4.78 is 67.4. The van der Waals surface area contributed by atoms with Gasteiger partial charge in [-0.3, -0.25) is 0 Å². The van der Waals surface area contributed by atoms with E-state index in [2.05, 4.69) is 4.74 Å². The molecule has 1 saturated heterocycles. The Morgan fingerprint density at radius 1 is 1.41 bits per heavy atom. The fourth-order valence-electron chi connectivity index (χ4n) is 1.92. The van der Waals surface area contributed by atoms with Gasteiger partial charge in [0.05, 0.1) is 12.3 Å². The van der Waals surface area contributed by atoms with Crippen molar-refractivity contribution in [1.29, 1.82) is 0 Å². The van der Waals surface area contributed by atoms with Crippen LogP contribution in [0.2, 0.25) is 0 Å². The minimum Gasteiger partial charge on any atom is -0.367 e. The smallest absolute Gasteiger partial charge is 0.367 e. The van der Waals surface area contributed by atoms with Crippen molar-refractivity contribution in [3.63, 3.8) is 0 Å². The first-order chi connectivity index (χ1) is 7.68. The van der Waals surface area contributed by atoms with Crippen LogP contribution in [0.4, 0.5) is 13.2 Å². The number of piperidine rings is 1. The molecule has 0 amide bonds. The van der Waals surface area contributed by atoms with Crippen LogP contribution in [0.15, 0.2) is 0 Å². The lowest BCUT2D eigenvalue weighted by Gasteiger charge is -2.41. The Morgan fingerprint density at radius 3 is 2.41 bits per heavy atom. The van der Waals surface area contributed by atoms with E-state index in [1.54, 1.807) is 0 Å². The summed E-state index contributed by atoms with van der Waals surface area (Å²) in [5, 5.41) is 0. The molecule has 0 aliphatic carbocycles. The molecule has 0 aromatic rings. The fraction of sp³-hybridized carbons (Fsp3) is 1.00. The second-order valence-corrected chi connectivity index (χ2v) is 6.29. The van der Waals surface area contributed by atoms with E-state index in [0.29, 0.717) is 0 Å². The van der Waals surface area contributed by atoms with Crippen LogP contribution in [0.3, 0.4) is 0 Å². The number of sulfonamides is 1. The lowest BCUT2D eigenvalue weighted by molar-refractivity contribution is -0.279. The van der Waals surface area contributed by atoms with Crippen LogP contribution >= 0.6 is 0 Å². The quantitative estimate of drug-likeness (QED) is 0.781. The van der Waals surface area contributed by atoms with Gasteiger partial charge in [0.15, 0.2) is 5.60 Å². The molecule has 0 aromatic carbocycles. The number of halogens is 3. The summed E-state index contributed by atoms with van der Waals surface area (Å²) in [6.07, 6.45) is -4.63. The zero-order valence-corrected chi connectivity index (χ0v) is 10.6. The maximum Gasteiger partial charge on any atom is 0.418 e. The first kappa shape index (κ1) is 14.7. The Labute approximate surface area is 98.8 Å². The number of hydrogen-bond acceptors (Lipinski definition) is 3. The molecule has 1 aliphatic heterocycles. The molecule has 0 bridgehead atoms. The van der Waals surface area contributed by atoms with Gasteiger partial charge in [0.1, 0.15) is 0 Å². The molecule has 0 spiro atoms. The van der Waals surface area contributed by atoms with Crippen molar-refractivity contribution in [2.75, 3.05) is 26.0 Å². The predicted octanol–water partition coefficient (Wildman–Crippen LogP) is 1.38. The Hall–Kier alpha value is -0.340. The SMILES string of the molecule is CCS(=O)(=O)N1CCCC(OC)(C(F)(F)F)C1. The molecule has 17 heavy (non-hydrogen) atoms. The van der Waals surface area contributed by atoms with Crippen LogP contribution in [-0.4, -0.2) is 50.5 Å². The number of hydrogen-bond donors (Lipinski definition) is 0. The molecule has 0 N–H and O–H groups in total. The van der Waals surface area contributed by atoms with Crippen LogP contribution in [0.1, 0.15) is 19.8 Å². The Morgan fingerprint density at radius 2 is 2.00 bits per heavy atom. The summed E-state index contributed by atoms with van der Waals surface area (Å²) in [5.41, 5.74) is -2.37. The average Bonchev–Trinajstić information content (AvgIpc) is 2.27. The Balaban J connectivity index is 2.99. The highest BCUT2D eigenvalue weighted by molar-refractivity contribution is 7.89. The summed E-state index contributed by atoms with van der Waals surface area (Å²) in [6.45, 7) is 0.881. The normalized spacial score (nSPS) is 28.3. The van der Waals surface area contributed by atoms with Crippen LogP contribution < -0.4 is 0 Å². The molecule has 0 aromatic heterocycles. The van der Waals surface area contributed by atoms with Gasteiger partial charge < -0.3 is 4.74 Å². The fourth-order valence-corrected chi connectivity index (χ4v) is 3.10. The van der Waals surface area contributed by atoms with E-state index in [0.717, 1.165) is 11.4 Å². The summed E-state index contributed by atoms with van der Waals surface area (Å²) >= 11 is 0. The summed E-state index contributed by atoms with van der Waals surface area (Å²) in [6, 6.07) is 0. The highest BCUT2D eigenvalue weighted by atomic mass is 32.2. The van der Waals surface area contributed by atoms with Crippen molar-refractivity contribution in [2.24, 2.45) is 0 Å². The largest absolute Gasteiger partial charge is 0.418 e. The number of rotatable bonds is 3. The van der Waals surface area contributed by atoms with Crippen molar-refractivity contribution >= 4 is 10.0 Å². The third-order valence-electron chi connectivity index (χ3n) is 3.09. The van der Waals surface area contributed by atoms with Crippen molar-refractivity contribution in [3.05, 3.63) is 0 Å². The predicted molar refractivity (Wildman–Crippen MR) is 56.1 cm³/mol. The van der Waals surface area contributed by atoms with Gasteiger partial charge in [0.2, 0.25) is 10.0 Å². The second-order valence-electron chi connectivity index (χ2n) is 4.03. The van der Waals surface area contributed by atoms with Gasteiger partial charge in [-0.2, -0.15) is 17.5 Å². The third kappa shape index (κ3) is 2.74. The first-order valence-electron chi connectivity index (χ1n) is 5.28. The lowest BCUT2D eigenvalue weighted by Crippen LogP contribution is -2.59. The molecular weight excluding hydrogens is 259 g/mol. The molecule has 1 rings (SSSR count). The Bertz CT molecular complexity index is 368. The van der Waals surface area contributed by atoms with Gasteiger partial charge >= 0.3 is 6.18 Å². The second kappa shape index (κ2) is 4.74. The molecule has 1 aliphatic rings. The highest BCUT2D eigenvalue weighted by Crippen LogP contribution is 2.40.